The van der Waals surface area contributed by atoms with E-state index in [2.05, 4.69) is 23.1 Å². The fourth-order valence-corrected chi connectivity index (χ4v) is 1.46. The van der Waals surface area contributed by atoms with Crippen LogP contribution in [0.3, 0.4) is 0 Å². The lowest BCUT2D eigenvalue weighted by Crippen LogP contribution is -2.36. The number of rotatable bonds is 1. The fourth-order valence-electron chi connectivity index (χ4n) is 1.46. The van der Waals surface area contributed by atoms with E-state index in [1.165, 1.54) is 32.4 Å². The topological polar surface area (TPSA) is 3.24 Å². The molecule has 1 aliphatic carbocycles. The Hall–Kier alpha value is -0.720. The SMILES string of the molecule is C1=CCCC(N2CCC2)=C1. The summed E-state index contributed by atoms with van der Waals surface area (Å²) in [4.78, 5) is 2.48. The van der Waals surface area contributed by atoms with Gasteiger partial charge in [-0.25, -0.2) is 0 Å². The van der Waals surface area contributed by atoms with Gasteiger partial charge in [-0.2, -0.15) is 0 Å². The normalized spacial score (nSPS) is 24.0. The lowest BCUT2D eigenvalue weighted by molar-refractivity contribution is 0.230. The first-order valence-electron chi connectivity index (χ1n) is 4.07. The largest absolute Gasteiger partial charge is 0.375 e. The fraction of sp³-hybridized carbons (Fsp3) is 0.556. The molecule has 0 bridgehead atoms. The summed E-state index contributed by atoms with van der Waals surface area (Å²) in [7, 11) is 0. The van der Waals surface area contributed by atoms with Crippen LogP contribution >= 0.6 is 0 Å². The van der Waals surface area contributed by atoms with E-state index in [4.69, 9.17) is 0 Å². The van der Waals surface area contributed by atoms with Gasteiger partial charge in [-0.05, 0) is 25.3 Å². The Labute approximate surface area is 62.0 Å². The summed E-state index contributed by atoms with van der Waals surface area (Å²) in [5, 5.41) is 0. The molecule has 2 aliphatic rings. The van der Waals surface area contributed by atoms with Crippen molar-refractivity contribution in [1.29, 1.82) is 0 Å². The van der Waals surface area contributed by atoms with E-state index in [1.54, 1.807) is 5.70 Å². The number of likely N-dealkylation sites (tertiary alicyclic amines) is 1. The summed E-state index contributed by atoms with van der Waals surface area (Å²) in [5.41, 5.74) is 1.55. The molecule has 1 saturated heterocycles. The molecule has 0 amide bonds. The molecular formula is C9H13N. The third-order valence-corrected chi connectivity index (χ3v) is 2.25. The van der Waals surface area contributed by atoms with Crippen molar-refractivity contribution in [2.24, 2.45) is 0 Å². The molecule has 0 saturated carbocycles. The monoisotopic (exact) mass is 135 g/mol. The molecular weight excluding hydrogens is 122 g/mol. The van der Waals surface area contributed by atoms with Gasteiger partial charge in [0, 0.05) is 18.8 Å². The lowest BCUT2D eigenvalue weighted by atomic mass is 10.1. The van der Waals surface area contributed by atoms with Gasteiger partial charge in [0.2, 0.25) is 0 Å². The molecule has 0 N–H and O–H groups in total. The van der Waals surface area contributed by atoms with Gasteiger partial charge in [0.05, 0.1) is 0 Å². The van der Waals surface area contributed by atoms with E-state index in [0.29, 0.717) is 0 Å². The Balaban J connectivity index is 2.01. The number of allylic oxidation sites excluding steroid dienone is 4. The van der Waals surface area contributed by atoms with E-state index in [1.807, 2.05) is 0 Å². The first-order chi connectivity index (χ1) is 4.97. The van der Waals surface area contributed by atoms with Gasteiger partial charge < -0.3 is 4.90 Å². The van der Waals surface area contributed by atoms with Gasteiger partial charge in [0.15, 0.2) is 0 Å². The third-order valence-electron chi connectivity index (χ3n) is 2.25. The second kappa shape index (κ2) is 2.49. The van der Waals surface area contributed by atoms with Crippen LogP contribution in [0.15, 0.2) is 23.9 Å². The average molecular weight is 135 g/mol. The van der Waals surface area contributed by atoms with E-state index in [-0.39, 0.29) is 0 Å². The number of hydrogen-bond acceptors (Lipinski definition) is 1. The molecule has 0 unspecified atom stereocenters. The molecule has 10 heavy (non-hydrogen) atoms. The van der Waals surface area contributed by atoms with Gasteiger partial charge in [0.1, 0.15) is 0 Å². The predicted octanol–water partition coefficient (Wildman–Crippen LogP) is 1.93. The molecule has 1 heteroatoms. The van der Waals surface area contributed by atoms with Gasteiger partial charge in [-0.1, -0.05) is 12.2 Å². The molecule has 0 aromatic carbocycles. The molecule has 1 heterocycles. The van der Waals surface area contributed by atoms with Gasteiger partial charge >= 0.3 is 0 Å². The Morgan fingerprint density at radius 3 is 2.70 bits per heavy atom. The molecule has 1 aliphatic heterocycles. The number of hydrogen-bond donors (Lipinski definition) is 0. The first kappa shape index (κ1) is 6.02. The van der Waals surface area contributed by atoms with Crippen molar-refractivity contribution < 1.29 is 0 Å². The highest BCUT2D eigenvalue weighted by Gasteiger charge is 2.16. The Bertz CT molecular complexity index is 175. The van der Waals surface area contributed by atoms with E-state index in [9.17, 15) is 0 Å². The van der Waals surface area contributed by atoms with Crippen molar-refractivity contribution in [3.8, 4) is 0 Å². The van der Waals surface area contributed by atoms with E-state index in [0.717, 1.165) is 0 Å². The second-order valence-electron chi connectivity index (χ2n) is 2.97. The summed E-state index contributed by atoms with van der Waals surface area (Å²) < 4.78 is 0. The molecule has 2 rings (SSSR count). The van der Waals surface area contributed by atoms with Crippen molar-refractivity contribution in [3.63, 3.8) is 0 Å². The molecule has 0 aromatic heterocycles. The standard InChI is InChI=1S/C9H13N/c1-2-5-9(6-3-1)10-7-4-8-10/h1-2,5H,3-4,6-8H2. The van der Waals surface area contributed by atoms with Gasteiger partial charge in [-0.3, -0.25) is 0 Å². The molecule has 54 valence electrons. The van der Waals surface area contributed by atoms with Crippen LogP contribution < -0.4 is 0 Å². The minimum Gasteiger partial charge on any atom is -0.375 e. The molecule has 0 spiro atoms. The molecule has 1 fully saturated rings. The first-order valence-corrected chi connectivity index (χ1v) is 4.07. The number of nitrogens with zero attached hydrogens (tertiary/aromatic N) is 1. The van der Waals surface area contributed by atoms with Crippen LogP contribution in [-0.4, -0.2) is 18.0 Å². The smallest absolute Gasteiger partial charge is 0.0191 e. The summed E-state index contributed by atoms with van der Waals surface area (Å²) in [6, 6.07) is 0. The Morgan fingerprint density at radius 1 is 1.30 bits per heavy atom. The summed E-state index contributed by atoms with van der Waals surface area (Å²) >= 11 is 0. The highest BCUT2D eigenvalue weighted by molar-refractivity contribution is 5.17. The van der Waals surface area contributed by atoms with Gasteiger partial charge in [0.25, 0.3) is 0 Å². The van der Waals surface area contributed by atoms with Crippen LogP contribution in [0.2, 0.25) is 0 Å². The minimum atomic E-state index is 1.24. The Morgan fingerprint density at radius 2 is 2.20 bits per heavy atom. The average Bonchev–Trinajstić information content (AvgIpc) is 1.86. The minimum absolute atomic E-state index is 1.24. The van der Waals surface area contributed by atoms with Gasteiger partial charge in [-0.15, -0.1) is 0 Å². The van der Waals surface area contributed by atoms with Crippen LogP contribution in [0.1, 0.15) is 19.3 Å². The molecule has 0 atom stereocenters. The Kier molecular flexibility index (Phi) is 1.50. The van der Waals surface area contributed by atoms with Crippen molar-refractivity contribution in [2.75, 3.05) is 13.1 Å². The molecule has 0 radical (unpaired) electrons. The van der Waals surface area contributed by atoms with Crippen LogP contribution in [0, 0.1) is 0 Å². The second-order valence-corrected chi connectivity index (χ2v) is 2.97. The van der Waals surface area contributed by atoms with Crippen LogP contribution in [0.5, 0.6) is 0 Å². The highest BCUT2D eigenvalue weighted by Crippen LogP contribution is 2.21. The van der Waals surface area contributed by atoms with Crippen molar-refractivity contribution >= 4 is 0 Å². The molecule has 1 nitrogen and oxygen atoms in total. The van der Waals surface area contributed by atoms with Crippen LogP contribution in [-0.2, 0) is 0 Å². The maximum absolute atomic E-state index is 2.48. The van der Waals surface area contributed by atoms with Crippen molar-refractivity contribution in [2.45, 2.75) is 19.3 Å². The van der Waals surface area contributed by atoms with Crippen LogP contribution in [0.4, 0.5) is 0 Å². The lowest BCUT2D eigenvalue weighted by Gasteiger charge is -2.35. The zero-order valence-electron chi connectivity index (χ0n) is 6.21. The molecule has 0 aromatic rings. The highest BCUT2D eigenvalue weighted by atomic mass is 15.2. The summed E-state index contributed by atoms with van der Waals surface area (Å²) in [5.74, 6) is 0. The van der Waals surface area contributed by atoms with E-state index >= 15 is 0 Å². The van der Waals surface area contributed by atoms with Crippen molar-refractivity contribution in [1.82, 2.24) is 4.90 Å². The predicted molar refractivity (Wildman–Crippen MR) is 42.6 cm³/mol. The zero-order valence-corrected chi connectivity index (χ0v) is 6.21. The zero-order chi connectivity index (χ0) is 6.81. The van der Waals surface area contributed by atoms with Crippen LogP contribution in [0.25, 0.3) is 0 Å². The van der Waals surface area contributed by atoms with Crippen molar-refractivity contribution in [3.05, 3.63) is 23.9 Å². The summed E-state index contributed by atoms with van der Waals surface area (Å²) in [6.07, 6.45) is 10.6. The third kappa shape index (κ3) is 0.962. The summed E-state index contributed by atoms with van der Waals surface area (Å²) in [6.45, 7) is 2.58. The van der Waals surface area contributed by atoms with E-state index < -0.39 is 0 Å². The quantitative estimate of drug-likeness (QED) is 0.531. The maximum atomic E-state index is 2.48. The maximum Gasteiger partial charge on any atom is 0.0191 e.